The van der Waals surface area contributed by atoms with E-state index in [1.165, 1.54) is 10.8 Å². The first-order valence-corrected chi connectivity index (χ1v) is 12.5. The van der Waals surface area contributed by atoms with Gasteiger partial charge in [0.15, 0.2) is 11.9 Å². The lowest BCUT2D eigenvalue weighted by Gasteiger charge is -2.31. The van der Waals surface area contributed by atoms with Crippen molar-refractivity contribution in [2.24, 2.45) is 0 Å². The second-order valence-corrected chi connectivity index (χ2v) is 9.27. The third kappa shape index (κ3) is 4.35. The molecule has 39 heavy (non-hydrogen) atoms. The number of pyridine rings is 1. The fraction of sp³-hybridized carbons (Fsp3) is 0.222. The molecule has 0 bridgehead atoms. The van der Waals surface area contributed by atoms with Gasteiger partial charge in [0.25, 0.3) is 5.91 Å². The summed E-state index contributed by atoms with van der Waals surface area (Å²) in [5, 5.41) is 11.9. The number of aromatic nitrogens is 7. The topological polar surface area (TPSA) is 157 Å². The second-order valence-electron chi connectivity index (χ2n) is 9.27. The Labute approximate surface area is 222 Å². The first-order chi connectivity index (χ1) is 19.1. The average molecular weight is 524 g/mol. The number of hydrogen-bond donors (Lipinski definition) is 2. The monoisotopic (exact) mass is 523 g/mol. The van der Waals surface area contributed by atoms with Crippen molar-refractivity contribution in [1.82, 2.24) is 39.7 Å². The highest BCUT2D eigenvalue weighted by atomic mass is 16.5. The minimum absolute atomic E-state index is 0.0467. The number of nitrogens with one attached hydrogen (secondary N) is 1. The SMILES string of the molecule is COc1ccc(-c2ccc(-c3cnn4c(N)c(C=O)c(C5CCN(C(=O)c6nnc[nH]6)CC5)nc34)cn2)cc1. The van der Waals surface area contributed by atoms with Crippen molar-refractivity contribution >= 4 is 23.7 Å². The van der Waals surface area contributed by atoms with Gasteiger partial charge in [-0.15, -0.1) is 10.2 Å². The van der Waals surface area contributed by atoms with E-state index in [1.807, 2.05) is 36.4 Å². The molecule has 1 saturated heterocycles. The average Bonchev–Trinajstić information content (AvgIpc) is 3.68. The van der Waals surface area contributed by atoms with E-state index >= 15 is 0 Å². The summed E-state index contributed by atoms with van der Waals surface area (Å²) in [4.78, 5) is 38.7. The van der Waals surface area contributed by atoms with Gasteiger partial charge in [-0.25, -0.2) is 4.98 Å². The molecule has 0 radical (unpaired) electrons. The number of benzene rings is 1. The highest BCUT2D eigenvalue weighted by molar-refractivity contribution is 5.90. The van der Waals surface area contributed by atoms with Gasteiger partial charge in [0.2, 0.25) is 5.82 Å². The summed E-state index contributed by atoms with van der Waals surface area (Å²) in [7, 11) is 1.63. The lowest BCUT2D eigenvalue weighted by atomic mass is 9.90. The lowest BCUT2D eigenvalue weighted by Crippen LogP contribution is -2.38. The fourth-order valence-corrected chi connectivity index (χ4v) is 4.98. The number of ether oxygens (including phenoxy) is 1. The largest absolute Gasteiger partial charge is 0.497 e. The summed E-state index contributed by atoms with van der Waals surface area (Å²) in [6, 6.07) is 11.6. The molecule has 0 atom stereocenters. The number of carbonyl (C=O) groups is 2. The van der Waals surface area contributed by atoms with E-state index in [0.717, 1.165) is 34.4 Å². The lowest BCUT2D eigenvalue weighted by molar-refractivity contribution is 0.0699. The van der Waals surface area contributed by atoms with Gasteiger partial charge >= 0.3 is 0 Å². The predicted molar refractivity (Wildman–Crippen MR) is 142 cm³/mol. The molecule has 1 aliphatic heterocycles. The number of nitrogens with two attached hydrogens (primary N) is 1. The number of piperidine rings is 1. The first-order valence-electron chi connectivity index (χ1n) is 12.5. The summed E-state index contributed by atoms with van der Waals surface area (Å²) in [6.07, 6.45) is 6.82. The summed E-state index contributed by atoms with van der Waals surface area (Å²) in [5.74, 6) is 0.978. The maximum absolute atomic E-state index is 12.6. The minimum Gasteiger partial charge on any atom is -0.497 e. The van der Waals surface area contributed by atoms with E-state index in [-0.39, 0.29) is 23.5 Å². The summed E-state index contributed by atoms with van der Waals surface area (Å²) in [6.45, 7) is 0.996. The maximum atomic E-state index is 12.6. The van der Waals surface area contributed by atoms with Gasteiger partial charge in [0.05, 0.1) is 30.3 Å². The van der Waals surface area contributed by atoms with E-state index < -0.39 is 0 Å². The number of hydrogen-bond acceptors (Lipinski definition) is 9. The number of amides is 1. The molecule has 3 N–H and O–H groups in total. The van der Waals surface area contributed by atoms with Gasteiger partial charge in [-0.2, -0.15) is 9.61 Å². The summed E-state index contributed by atoms with van der Waals surface area (Å²) >= 11 is 0. The Balaban J connectivity index is 1.29. The number of likely N-dealkylation sites (tertiary alicyclic amines) is 1. The molecule has 0 unspecified atom stereocenters. The van der Waals surface area contributed by atoms with Crippen LogP contribution in [0.25, 0.3) is 28.0 Å². The number of anilines is 1. The van der Waals surface area contributed by atoms with Crippen LogP contribution in [-0.4, -0.2) is 72.1 Å². The fourth-order valence-electron chi connectivity index (χ4n) is 4.98. The number of rotatable bonds is 6. The molecular weight excluding hydrogens is 498 g/mol. The van der Waals surface area contributed by atoms with Crippen LogP contribution in [0.5, 0.6) is 5.75 Å². The normalized spacial score (nSPS) is 14.0. The Hall–Kier alpha value is -5.13. The third-order valence-electron chi connectivity index (χ3n) is 7.12. The van der Waals surface area contributed by atoms with Gasteiger partial charge in [-0.05, 0) is 43.2 Å². The van der Waals surface area contributed by atoms with Gasteiger partial charge in [0, 0.05) is 41.9 Å². The molecule has 1 amide bonds. The minimum atomic E-state index is -0.201. The Morgan fingerprint density at radius 3 is 2.51 bits per heavy atom. The zero-order valence-electron chi connectivity index (χ0n) is 21.1. The van der Waals surface area contributed by atoms with Crippen LogP contribution in [0.15, 0.2) is 55.1 Å². The molecule has 5 aromatic rings. The van der Waals surface area contributed by atoms with Crippen molar-refractivity contribution in [3.8, 4) is 28.1 Å². The second kappa shape index (κ2) is 9.97. The molecule has 5 heterocycles. The molecule has 1 aliphatic rings. The standard InChI is InChI=1S/C27H25N9O3/c1-39-19-5-2-16(3-6-19)22-7-4-18(12-29-22)20-13-32-36-24(28)21(14-37)23(33-26(20)36)17-8-10-35(11-9-17)27(38)25-30-15-31-34-25/h2-7,12-15,17H,8-11,28H2,1H3,(H,30,31,34). The van der Waals surface area contributed by atoms with E-state index in [9.17, 15) is 9.59 Å². The number of H-pyrrole nitrogens is 1. The van der Waals surface area contributed by atoms with Crippen molar-refractivity contribution < 1.29 is 14.3 Å². The van der Waals surface area contributed by atoms with Gasteiger partial charge in [-0.1, -0.05) is 6.07 Å². The maximum Gasteiger partial charge on any atom is 0.291 e. The molecule has 1 fully saturated rings. The van der Waals surface area contributed by atoms with Gasteiger partial charge < -0.3 is 20.4 Å². The molecule has 0 aliphatic carbocycles. The van der Waals surface area contributed by atoms with Crippen LogP contribution in [0.4, 0.5) is 5.82 Å². The number of nitrogen functional groups attached to an aromatic ring is 1. The quantitative estimate of drug-likeness (QED) is 0.319. The van der Waals surface area contributed by atoms with Crippen molar-refractivity contribution in [2.75, 3.05) is 25.9 Å². The molecule has 0 saturated carbocycles. The molecular formula is C27H25N9O3. The predicted octanol–water partition coefficient (Wildman–Crippen LogP) is 3.00. The van der Waals surface area contributed by atoms with Crippen LogP contribution in [0, 0.1) is 0 Å². The highest BCUT2D eigenvalue weighted by Crippen LogP contribution is 2.34. The molecule has 6 rings (SSSR count). The number of fused-ring (bicyclic) bond motifs is 1. The molecule has 0 spiro atoms. The number of methoxy groups -OCH3 is 1. The Morgan fingerprint density at radius 2 is 1.87 bits per heavy atom. The van der Waals surface area contributed by atoms with Crippen molar-refractivity contribution in [1.29, 1.82) is 0 Å². The van der Waals surface area contributed by atoms with Crippen LogP contribution in [0.2, 0.25) is 0 Å². The number of nitrogens with zero attached hydrogens (tertiary/aromatic N) is 7. The van der Waals surface area contributed by atoms with Crippen LogP contribution in [0.1, 0.15) is 45.4 Å². The van der Waals surface area contributed by atoms with E-state index in [2.05, 4.69) is 25.3 Å². The zero-order chi connectivity index (χ0) is 26.9. The van der Waals surface area contributed by atoms with Gasteiger partial charge in [0.1, 0.15) is 17.9 Å². The van der Waals surface area contributed by atoms with Crippen LogP contribution >= 0.6 is 0 Å². The van der Waals surface area contributed by atoms with E-state index in [0.29, 0.717) is 42.8 Å². The van der Waals surface area contributed by atoms with Gasteiger partial charge in [-0.3, -0.25) is 14.6 Å². The van der Waals surface area contributed by atoms with Crippen molar-refractivity contribution in [3.63, 3.8) is 0 Å². The molecule has 196 valence electrons. The zero-order valence-corrected chi connectivity index (χ0v) is 21.1. The van der Waals surface area contributed by atoms with E-state index in [1.54, 1.807) is 24.4 Å². The van der Waals surface area contributed by atoms with Crippen LogP contribution in [0.3, 0.4) is 0 Å². The van der Waals surface area contributed by atoms with Crippen LogP contribution < -0.4 is 10.5 Å². The summed E-state index contributed by atoms with van der Waals surface area (Å²) in [5.41, 5.74) is 11.3. The van der Waals surface area contributed by atoms with Crippen molar-refractivity contribution in [3.05, 3.63) is 72.2 Å². The third-order valence-corrected chi connectivity index (χ3v) is 7.12. The van der Waals surface area contributed by atoms with Crippen molar-refractivity contribution in [2.45, 2.75) is 18.8 Å². The molecule has 12 heteroatoms. The van der Waals surface area contributed by atoms with Crippen LogP contribution in [-0.2, 0) is 0 Å². The number of carbonyl (C=O) groups excluding carboxylic acids is 2. The number of aldehydes is 1. The Kier molecular flexibility index (Phi) is 6.19. The first kappa shape index (κ1) is 24.2. The highest BCUT2D eigenvalue weighted by Gasteiger charge is 2.30. The molecule has 1 aromatic carbocycles. The Morgan fingerprint density at radius 1 is 1.10 bits per heavy atom. The summed E-state index contributed by atoms with van der Waals surface area (Å²) < 4.78 is 6.72. The van der Waals surface area contributed by atoms with E-state index in [4.69, 9.17) is 15.5 Å². The molecule has 12 nitrogen and oxygen atoms in total. The Bertz CT molecular complexity index is 1640. The molecule has 4 aromatic heterocycles. The smallest absolute Gasteiger partial charge is 0.291 e. The number of aromatic amines is 1.